The summed E-state index contributed by atoms with van der Waals surface area (Å²) in [6, 6.07) is 6.66. The fraction of sp³-hybridized carbons (Fsp3) is 0.568. The summed E-state index contributed by atoms with van der Waals surface area (Å²) >= 11 is 0. The van der Waals surface area contributed by atoms with Gasteiger partial charge in [-0.2, -0.15) is 10.2 Å². The number of aryl methyl sites for hydroxylation is 1. The molecule has 3 saturated heterocycles. The summed E-state index contributed by atoms with van der Waals surface area (Å²) in [6.07, 6.45) is 5.48. The highest BCUT2D eigenvalue weighted by Crippen LogP contribution is 2.43. The number of imide groups is 1. The summed E-state index contributed by atoms with van der Waals surface area (Å²) in [4.78, 5) is 60.2. The number of hydrogen-bond donors (Lipinski definition) is 2. The van der Waals surface area contributed by atoms with Gasteiger partial charge in [0, 0.05) is 58.6 Å². The number of halogens is 3. The SMILES string of the molecule is Cn1c(=O)n(C2CCC(=O)NC2=O)c2cccc([C@H]3C[C@H](O[C@H]4CCN(CC5CCC(n6cc(NC(=O)c7cnn8ccc(N9CCOCC9)nc78)c(C(F)F)n6)CC5)C[C@@H]4F)C3)c21. The Balaban J connectivity index is 0.704. The molecule has 5 aromatic rings. The van der Waals surface area contributed by atoms with Crippen molar-refractivity contribution in [3.63, 3.8) is 0 Å². The van der Waals surface area contributed by atoms with E-state index in [0.717, 1.165) is 43.3 Å². The number of piperidine rings is 2. The zero-order chi connectivity index (χ0) is 44.2. The number of fused-ring (bicyclic) bond motifs is 2. The molecule has 5 aliphatic rings. The maximum Gasteiger partial charge on any atom is 0.329 e. The second kappa shape index (κ2) is 17.4. The van der Waals surface area contributed by atoms with Crippen LogP contribution in [-0.4, -0.2) is 120 Å². The lowest BCUT2D eigenvalue weighted by Crippen LogP contribution is -2.49. The predicted molar refractivity (Wildman–Crippen MR) is 227 cm³/mol. The Bertz CT molecular complexity index is 2620. The largest absolute Gasteiger partial charge is 0.378 e. The number of nitrogens with one attached hydrogen (secondary N) is 2. The molecular weight excluding hydrogens is 836 g/mol. The third-order valence-electron chi connectivity index (χ3n) is 14.0. The Hall–Kier alpha value is -5.60. The zero-order valence-corrected chi connectivity index (χ0v) is 35.6. The molecule has 2 saturated carbocycles. The Labute approximate surface area is 365 Å². The normalized spacial score (nSPS) is 27.0. The number of carbonyl (C=O) groups is 3. The van der Waals surface area contributed by atoms with Crippen molar-refractivity contribution in [3.8, 4) is 0 Å². The highest BCUT2D eigenvalue weighted by Gasteiger charge is 2.40. The molecule has 3 aliphatic heterocycles. The van der Waals surface area contributed by atoms with Crippen LogP contribution in [0, 0.1) is 5.92 Å². The van der Waals surface area contributed by atoms with Gasteiger partial charge >= 0.3 is 5.69 Å². The highest BCUT2D eigenvalue weighted by atomic mass is 19.3. The summed E-state index contributed by atoms with van der Waals surface area (Å²) in [5.74, 6) is -0.288. The van der Waals surface area contributed by atoms with Crippen LogP contribution in [0.25, 0.3) is 16.7 Å². The van der Waals surface area contributed by atoms with E-state index in [2.05, 4.69) is 35.6 Å². The van der Waals surface area contributed by atoms with E-state index >= 15 is 4.39 Å². The number of hydrogen-bond acceptors (Lipinski definition) is 11. The molecule has 20 heteroatoms. The third-order valence-corrected chi connectivity index (χ3v) is 14.0. The summed E-state index contributed by atoms with van der Waals surface area (Å²) in [5, 5.41) is 13.5. The topological polar surface area (TPSA) is 175 Å². The van der Waals surface area contributed by atoms with E-state index in [4.69, 9.17) is 9.47 Å². The van der Waals surface area contributed by atoms with Gasteiger partial charge in [-0.3, -0.25) is 38.4 Å². The molecule has 1 aromatic carbocycles. The van der Waals surface area contributed by atoms with Crippen LogP contribution in [0.4, 0.5) is 24.7 Å². The molecule has 2 N–H and O–H groups in total. The quantitative estimate of drug-likeness (QED) is 0.176. The Morgan fingerprint density at radius 3 is 2.58 bits per heavy atom. The van der Waals surface area contributed by atoms with Crippen molar-refractivity contribution in [2.75, 3.05) is 56.2 Å². The number of alkyl halides is 3. The molecule has 0 spiro atoms. The zero-order valence-electron chi connectivity index (χ0n) is 35.6. The monoisotopic (exact) mass is 887 g/mol. The predicted octanol–water partition coefficient (Wildman–Crippen LogP) is 4.69. The summed E-state index contributed by atoms with van der Waals surface area (Å²) in [5.41, 5.74) is 2.05. The number of likely N-dealkylation sites (tertiary alicyclic amines) is 1. The Morgan fingerprint density at radius 2 is 1.83 bits per heavy atom. The fourth-order valence-electron chi connectivity index (χ4n) is 10.5. The minimum atomic E-state index is -2.90. The van der Waals surface area contributed by atoms with E-state index in [9.17, 15) is 28.0 Å². The van der Waals surface area contributed by atoms with Crippen molar-refractivity contribution in [1.82, 2.24) is 43.7 Å². The van der Waals surface area contributed by atoms with Crippen LogP contribution < -0.4 is 21.2 Å². The van der Waals surface area contributed by atoms with Gasteiger partial charge in [-0.1, -0.05) is 12.1 Å². The average Bonchev–Trinajstić information content (AvgIpc) is 3.97. The molecule has 3 atom stereocenters. The minimum Gasteiger partial charge on any atom is -0.378 e. The van der Waals surface area contributed by atoms with E-state index in [1.165, 1.54) is 21.5 Å². The van der Waals surface area contributed by atoms with Crippen molar-refractivity contribution in [2.24, 2.45) is 13.0 Å². The molecular formula is C44H52F3N11O6. The van der Waals surface area contributed by atoms with E-state index in [1.807, 2.05) is 24.3 Å². The van der Waals surface area contributed by atoms with Crippen LogP contribution in [0.2, 0.25) is 0 Å². The third kappa shape index (κ3) is 8.08. The molecule has 0 radical (unpaired) electrons. The standard InChI is InChI=1S/C44H52F3N11O6/c1-53-39-29(3-2-4-33(39)58(44(53)62)34-9-10-37(59)51-43(34)61)26-19-28(20-26)64-35-11-13-54(23-31(35)45)22-25-5-7-27(8-6-25)57-24-32(38(52-57)40(46)47)49-42(60)30-21-48-56-14-12-36(50-41(30)56)55-15-17-63-18-16-55/h2-4,12,14,21,24-28,31,34-35,40H,5-11,13,15-20,22-23H2,1H3,(H,49,60)(H,51,59,61)/t25?,26-,27?,28-,31-,34?,35-/m0/s1. The molecule has 10 rings (SSSR count). The Kier molecular flexibility index (Phi) is 11.5. The summed E-state index contributed by atoms with van der Waals surface area (Å²) in [6.45, 7) is 4.21. The molecule has 64 heavy (non-hydrogen) atoms. The van der Waals surface area contributed by atoms with Gasteiger partial charge in [-0.25, -0.2) is 27.5 Å². The van der Waals surface area contributed by atoms with Gasteiger partial charge < -0.3 is 19.7 Å². The maximum absolute atomic E-state index is 15.7. The van der Waals surface area contributed by atoms with Gasteiger partial charge in [-0.15, -0.1) is 0 Å². The smallest absolute Gasteiger partial charge is 0.329 e. The number of imidazole rings is 1. The average molecular weight is 888 g/mol. The summed E-state index contributed by atoms with van der Waals surface area (Å²) < 4.78 is 62.1. The molecule has 1 unspecified atom stereocenters. The number of nitrogens with zero attached hydrogens (tertiary/aromatic N) is 9. The number of ether oxygens (including phenoxy) is 2. The van der Waals surface area contributed by atoms with Gasteiger partial charge in [0.2, 0.25) is 11.8 Å². The van der Waals surface area contributed by atoms with Gasteiger partial charge in [-0.05, 0) is 80.9 Å². The van der Waals surface area contributed by atoms with Crippen LogP contribution in [0.3, 0.4) is 0 Å². The number of carbonyl (C=O) groups excluding carboxylic acids is 3. The van der Waals surface area contributed by atoms with Gasteiger partial charge in [0.05, 0.1) is 54.4 Å². The number of morpholine rings is 1. The Morgan fingerprint density at radius 1 is 1.03 bits per heavy atom. The first kappa shape index (κ1) is 42.4. The number of benzene rings is 1. The summed E-state index contributed by atoms with van der Waals surface area (Å²) in [7, 11) is 1.70. The molecule has 3 amide bonds. The first-order valence-electron chi connectivity index (χ1n) is 22.4. The molecule has 340 valence electrons. The number of anilines is 2. The highest BCUT2D eigenvalue weighted by molar-refractivity contribution is 6.08. The van der Waals surface area contributed by atoms with Crippen molar-refractivity contribution >= 4 is 45.9 Å². The van der Waals surface area contributed by atoms with Crippen LogP contribution in [0.5, 0.6) is 0 Å². The van der Waals surface area contributed by atoms with Crippen LogP contribution in [0.15, 0.2) is 47.7 Å². The molecule has 2 aliphatic carbocycles. The van der Waals surface area contributed by atoms with E-state index < -0.39 is 42.3 Å². The second-order valence-corrected chi connectivity index (χ2v) is 18.0. The lowest BCUT2D eigenvalue weighted by atomic mass is 9.76. The molecule has 5 fully saturated rings. The lowest BCUT2D eigenvalue weighted by Gasteiger charge is -2.42. The number of rotatable bonds is 11. The number of amides is 3. The lowest BCUT2D eigenvalue weighted by molar-refractivity contribution is -0.135. The van der Waals surface area contributed by atoms with Crippen molar-refractivity contribution in [1.29, 1.82) is 0 Å². The number of para-hydroxylation sites is 1. The van der Waals surface area contributed by atoms with Crippen molar-refractivity contribution in [3.05, 3.63) is 70.2 Å². The van der Waals surface area contributed by atoms with Crippen LogP contribution >= 0.6 is 0 Å². The van der Waals surface area contributed by atoms with Crippen molar-refractivity contribution < 1.29 is 37.0 Å². The molecule has 7 heterocycles. The minimum absolute atomic E-state index is 0.0478. The molecule has 17 nitrogen and oxygen atoms in total. The molecule has 0 bridgehead atoms. The second-order valence-electron chi connectivity index (χ2n) is 18.0. The fourth-order valence-corrected chi connectivity index (χ4v) is 10.5. The van der Waals surface area contributed by atoms with E-state index in [0.29, 0.717) is 75.0 Å². The molecule has 4 aromatic heterocycles. The van der Waals surface area contributed by atoms with E-state index in [1.54, 1.807) is 22.5 Å². The first-order chi connectivity index (χ1) is 31.0. The maximum atomic E-state index is 15.7. The van der Waals surface area contributed by atoms with Crippen molar-refractivity contribution in [2.45, 2.75) is 101 Å². The van der Waals surface area contributed by atoms with Crippen LogP contribution in [-0.2, 0) is 26.1 Å². The van der Waals surface area contributed by atoms with Gasteiger partial charge in [0.25, 0.3) is 12.3 Å². The first-order valence-corrected chi connectivity index (χ1v) is 22.4. The van der Waals surface area contributed by atoms with E-state index in [-0.39, 0.29) is 60.3 Å². The van der Waals surface area contributed by atoms with Gasteiger partial charge in [0.1, 0.15) is 23.6 Å². The number of aromatic nitrogens is 7. The van der Waals surface area contributed by atoms with Gasteiger partial charge in [0.15, 0.2) is 11.3 Å². The van der Waals surface area contributed by atoms with Crippen LogP contribution in [0.1, 0.15) is 104 Å².